The lowest BCUT2D eigenvalue weighted by molar-refractivity contribution is 0.0396. The van der Waals surface area contributed by atoms with Gasteiger partial charge in [-0.25, -0.2) is 4.39 Å². The van der Waals surface area contributed by atoms with Gasteiger partial charge in [-0.1, -0.05) is 19.4 Å². The summed E-state index contributed by atoms with van der Waals surface area (Å²) >= 11 is 0. The minimum Gasteiger partial charge on any atom is -0.423 e. The summed E-state index contributed by atoms with van der Waals surface area (Å²) in [6.45, 7) is 3.97. The molecule has 0 heterocycles. The Morgan fingerprint density at radius 2 is 1.84 bits per heavy atom. The van der Waals surface area contributed by atoms with Crippen LogP contribution in [0.25, 0.3) is 0 Å². The van der Waals surface area contributed by atoms with Crippen LogP contribution < -0.4 is 5.46 Å². The van der Waals surface area contributed by atoms with Crippen molar-refractivity contribution < 1.29 is 23.9 Å². The molecule has 1 rings (SSSR count). The zero-order valence-electron chi connectivity index (χ0n) is 11.1. The Kier molecular flexibility index (Phi) is 7.66. The predicted molar refractivity (Wildman–Crippen MR) is 71.6 cm³/mol. The summed E-state index contributed by atoms with van der Waals surface area (Å²) < 4.78 is 23.9. The van der Waals surface area contributed by atoms with E-state index in [0.717, 1.165) is 25.5 Å². The Balaban J connectivity index is 2.29. The van der Waals surface area contributed by atoms with Gasteiger partial charge in [0.05, 0.1) is 19.8 Å². The second-order valence-electron chi connectivity index (χ2n) is 4.28. The first-order valence-corrected chi connectivity index (χ1v) is 6.44. The van der Waals surface area contributed by atoms with Gasteiger partial charge in [0.25, 0.3) is 0 Å². The summed E-state index contributed by atoms with van der Waals surface area (Å²) in [7, 11) is -1.67. The highest BCUT2D eigenvalue weighted by molar-refractivity contribution is 6.58. The van der Waals surface area contributed by atoms with Gasteiger partial charge in [0.2, 0.25) is 0 Å². The molecule has 1 aromatic rings. The first-order chi connectivity index (χ1) is 9.13. The zero-order chi connectivity index (χ0) is 14.1. The van der Waals surface area contributed by atoms with Gasteiger partial charge < -0.3 is 19.5 Å². The highest BCUT2D eigenvalue weighted by Gasteiger charge is 2.13. The number of hydrogen-bond acceptors (Lipinski definition) is 4. The van der Waals surface area contributed by atoms with E-state index in [-0.39, 0.29) is 12.1 Å². The number of rotatable bonds is 9. The third-order valence-electron chi connectivity index (χ3n) is 2.56. The van der Waals surface area contributed by atoms with Crippen LogP contribution in [0.5, 0.6) is 0 Å². The minimum atomic E-state index is -1.67. The SMILES string of the molecule is CCCCOCCOCc1cc(F)cc(B(O)O)c1. The van der Waals surface area contributed by atoms with E-state index in [1.165, 1.54) is 12.1 Å². The summed E-state index contributed by atoms with van der Waals surface area (Å²) in [5.41, 5.74) is 0.689. The summed E-state index contributed by atoms with van der Waals surface area (Å²) in [5.74, 6) is -0.511. The van der Waals surface area contributed by atoms with Gasteiger partial charge >= 0.3 is 7.12 Å². The molecule has 4 nitrogen and oxygen atoms in total. The van der Waals surface area contributed by atoms with E-state index in [9.17, 15) is 4.39 Å². The minimum absolute atomic E-state index is 0.123. The van der Waals surface area contributed by atoms with Crippen molar-refractivity contribution in [2.45, 2.75) is 26.4 Å². The van der Waals surface area contributed by atoms with Crippen molar-refractivity contribution in [1.82, 2.24) is 0 Å². The van der Waals surface area contributed by atoms with Crippen LogP contribution >= 0.6 is 0 Å². The van der Waals surface area contributed by atoms with Crippen LogP contribution in [0.15, 0.2) is 18.2 Å². The fraction of sp³-hybridized carbons (Fsp3) is 0.538. The fourth-order valence-corrected chi connectivity index (χ4v) is 1.56. The lowest BCUT2D eigenvalue weighted by atomic mass is 9.79. The summed E-state index contributed by atoms with van der Waals surface area (Å²) in [5, 5.41) is 18.0. The van der Waals surface area contributed by atoms with E-state index in [1.54, 1.807) is 0 Å². The van der Waals surface area contributed by atoms with E-state index in [0.29, 0.717) is 18.8 Å². The normalized spacial score (nSPS) is 10.7. The molecule has 0 aliphatic rings. The van der Waals surface area contributed by atoms with Crippen LogP contribution in [-0.4, -0.2) is 37.0 Å². The Morgan fingerprint density at radius 1 is 1.11 bits per heavy atom. The van der Waals surface area contributed by atoms with Crippen LogP contribution in [0.2, 0.25) is 0 Å². The number of unbranched alkanes of at least 4 members (excludes halogenated alkanes) is 1. The highest BCUT2D eigenvalue weighted by Crippen LogP contribution is 2.04. The van der Waals surface area contributed by atoms with Crippen molar-refractivity contribution in [3.05, 3.63) is 29.6 Å². The van der Waals surface area contributed by atoms with Gasteiger partial charge in [0.1, 0.15) is 5.82 Å². The lowest BCUT2D eigenvalue weighted by Crippen LogP contribution is -2.30. The first-order valence-electron chi connectivity index (χ1n) is 6.44. The number of hydrogen-bond donors (Lipinski definition) is 2. The molecule has 0 amide bonds. The van der Waals surface area contributed by atoms with Crippen LogP contribution in [0.3, 0.4) is 0 Å². The molecule has 0 spiro atoms. The Labute approximate surface area is 113 Å². The molecule has 0 saturated carbocycles. The summed E-state index contributed by atoms with van der Waals surface area (Å²) in [6.07, 6.45) is 2.12. The molecule has 19 heavy (non-hydrogen) atoms. The smallest absolute Gasteiger partial charge is 0.423 e. The van der Waals surface area contributed by atoms with E-state index >= 15 is 0 Å². The van der Waals surface area contributed by atoms with Crippen LogP contribution in [-0.2, 0) is 16.1 Å². The third kappa shape index (κ3) is 6.68. The third-order valence-corrected chi connectivity index (χ3v) is 2.56. The first kappa shape index (κ1) is 16.1. The number of ether oxygens (including phenoxy) is 2. The predicted octanol–water partition coefficient (Wildman–Crippen LogP) is 0.839. The molecule has 1 aromatic carbocycles. The molecule has 0 radical (unpaired) electrons. The van der Waals surface area contributed by atoms with Crippen molar-refractivity contribution in [2.75, 3.05) is 19.8 Å². The molecule has 0 unspecified atom stereocenters. The second-order valence-corrected chi connectivity index (χ2v) is 4.28. The van der Waals surface area contributed by atoms with Gasteiger partial charge in [0, 0.05) is 6.61 Å². The molecule has 0 aliphatic heterocycles. The lowest BCUT2D eigenvalue weighted by Gasteiger charge is -2.07. The van der Waals surface area contributed by atoms with Gasteiger partial charge in [-0.3, -0.25) is 0 Å². The quantitative estimate of drug-likeness (QED) is 0.515. The van der Waals surface area contributed by atoms with Gasteiger partial charge in [-0.15, -0.1) is 0 Å². The van der Waals surface area contributed by atoms with Crippen molar-refractivity contribution >= 4 is 12.6 Å². The van der Waals surface area contributed by atoms with E-state index in [1.807, 2.05) is 0 Å². The molecule has 0 atom stereocenters. The number of benzene rings is 1. The molecule has 6 heteroatoms. The Bertz CT molecular complexity index is 374. The van der Waals surface area contributed by atoms with Crippen LogP contribution in [0.4, 0.5) is 4.39 Å². The van der Waals surface area contributed by atoms with E-state index in [4.69, 9.17) is 19.5 Å². The molecule has 106 valence electrons. The Morgan fingerprint density at radius 3 is 2.53 bits per heavy atom. The monoisotopic (exact) mass is 270 g/mol. The maximum absolute atomic E-state index is 13.2. The van der Waals surface area contributed by atoms with Crippen LogP contribution in [0, 0.1) is 5.82 Å². The topological polar surface area (TPSA) is 58.9 Å². The van der Waals surface area contributed by atoms with Gasteiger partial charge in [0.15, 0.2) is 0 Å². The van der Waals surface area contributed by atoms with Crippen LogP contribution in [0.1, 0.15) is 25.3 Å². The van der Waals surface area contributed by atoms with E-state index < -0.39 is 12.9 Å². The molecule has 0 fully saturated rings. The summed E-state index contributed by atoms with van der Waals surface area (Å²) in [4.78, 5) is 0. The largest absolute Gasteiger partial charge is 0.488 e. The molecule has 0 bridgehead atoms. The number of halogens is 1. The van der Waals surface area contributed by atoms with Crippen molar-refractivity contribution in [3.63, 3.8) is 0 Å². The molecular weight excluding hydrogens is 250 g/mol. The fourth-order valence-electron chi connectivity index (χ4n) is 1.56. The van der Waals surface area contributed by atoms with Crippen molar-refractivity contribution in [1.29, 1.82) is 0 Å². The molecule has 0 saturated heterocycles. The standard InChI is InChI=1S/C13H20BFO4/c1-2-3-4-18-5-6-19-10-11-7-12(14(16)17)9-13(15)8-11/h7-9,16-17H,2-6,10H2,1H3. The average molecular weight is 270 g/mol. The molecule has 2 N–H and O–H groups in total. The highest BCUT2D eigenvalue weighted by atomic mass is 19.1. The van der Waals surface area contributed by atoms with Gasteiger partial charge in [-0.2, -0.15) is 0 Å². The average Bonchev–Trinajstić information content (AvgIpc) is 2.37. The Hall–Kier alpha value is -0.945. The van der Waals surface area contributed by atoms with Crippen molar-refractivity contribution in [2.24, 2.45) is 0 Å². The van der Waals surface area contributed by atoms with Crippen molar-refractivity contribution in [3.8, 4) is 0 Å². The van der Waals surface area contributed by atoms with Gasteiger partial charge in [-0.05, 0) is 29.6 Å². The second kappa shape index (κ2) is 9.04. The van der Waals surface area contributed by atoms with E-state index in [2.05, 4.69) is 6.92 Å². The molecule has 0 aliphatic carbocycles. The maximum atomic E-state index is 13.2. The maximum Gasteiger partial charge on any atom is 0.488 e. The molecular formula is C13H20BFO4. The summed E-state index contributed by atoms with van der Waals surface area (Å²) in [6, 6.07) is 3.90. The zero-order valence-corrected chi connectivity index (χ0v) is 11.1. The molecule has 0 aromatic heterocycles.